The predicted octanol–water partition coefficient (Wildman–Crippen LogP) is 9.71. The van der Waals surface area contributed by atoms with Gasteiger partial charge in [-0.3, -0.25) is 0 Å². The van der Waals surface area contributed by atoms with E-state index in [4.69, 9.17) is 0 Å². The van der Waals surface area contributed by atoms with Gasteiger partial charge in [0.05, 0.1) is 0 Å². The van der Waals surface area contributed by atoms with Gasteiger partial charge in [0.2, 0.25) is 0 Å². The normalized spacial score (nSPS) is 42.8. The minimum absolute atomic E-state index is 0.796. The molecule has 5 aliphatic carbocycles. The summed E-state index contributed by atoms with van der Waals surface area (Å²) in [5.74, 6) is 4.41. The van der Waals surface area contributed by atoms with Gasteiger partial charge < -0.3 is 0 Å². The lowest BCUT2D eigenvalue weighted by Gasteiger charge is -2.58. The Morgan fingerprint density at radius 1 is 0.586 bits per heavy atom. The average Bonchev–Trinajstić information content (AvgIpc) is 2.80. The number of rotatable bonds is 9. The molecule has 168 valence electrons. The van der Waals surface area contributed by atoms with E-state index in [-0.39, 0.29) is 0 Å². The highest BCUT2D eigenvalue weighted by atomic mass is 14.6. The first-order valence-corrected chi connectivity index (χ1v) is 14.2. The van der Waals surface area contributed by atoms with E-state index in [0.29, 0.717) is 0 Å². The molecule has 5 aliphatic rings. The van der Waals surface area contributed by atoms with Crippen molar-refractivity contribution in [1.29, 1.82) is 0 Å². The predicted molar refractivity (Wildman–Crippen MR) is 127 cm³/mol. The largest absolute Gasteiger partial charge is 0.0654 e. The Bertz CT molecular complexity index is 450. The topological polar surface area (TPSA) is 0 Å². The van der Waals surface area contributed by atoms with E-state index in [2.05, 4.69) is 13.8 Å². The Morgan fingerprint density at radius 2 is 1.14 bits per heavy atom. The van der Waals surface area contributed by atoms with Crippen LogP contribution in [-0.4, -0.2) is 0 Å². The van der Waals surface area contributed by atoms with E-state index in [1.807, 2.05) is 0 Å². The van der Waals surface area contributed by atoms with Crippen LogP contribution >= 0.6 is 0 Å². The molecule has 0 unspecified atom stereocenters. The number of hydrogen-bond acceptors (Lipinski definition) is 0. The first-order chi connectivity index (χ1) is 14.2. The number of unbranched alkanes of at least 4 members (excludes halogenated alkanes) is 3. The SMILES string of the molecule is CCCCC[C@H]1CC[C@H]([C@H]2CC[C@H](C34CCC(CCCC)(CC3)CC4)CC2)CC1. The van der Waals surface area contributed by atoms with Crippen molar-refractivity contribution in [3.05, 3.63) is 0 Å². The van der Waals surface area contributed by atoms with Gasteiger partial charge in [0.1, 0.15) is 0 Å². The smallest absolute Gasteiger partial charge is 0.0269 e. The van der Waals surface area contributed by atoms with E-state index < -0.39 is 0 Å². The summed E-state index contributed by atoms with van der Waals surface area (Å²) in [6.45, 7) is 4.72. The molecule has 0 heteroatoms. The van der Waals surface area contributed by atoms with Crippen LogP contribution in [0.25, 0.3) is 0 Å². The Morgan fingerprint density at radius 3 is 1.69 bits per heavy atom. The maximum absolute atomic E-state index is 2.38. The van der Waals surface area contributed by atoms with E-state index in [1.165, 1.54) is 38.5 Å². The lowest BCUT2D eigenvalue weighted by atomic mass is 9.47. The highest BCUT2D eigenvalue weighted by Gasteiger charge is 2.51. The first kappa shape index (κ1) is 22.2. The molecule has 0 heterocycles. The fourth-order valence-electron chi connectivity index (χ4n) is 8.67. The molecule has 0 N–H and O–H groups in total. The second-order valence-corrected chi connectivity index (χ2v) is 12.4. The highest BCUT2D eigenvalue weighted by Crippen LogP contribution is 2.63. The van der Waals surface area contributed by atoms with Gasteiger partial charge in [-0.2, -0.15) is 0 Å². The van der Waals surface area contributed by atoms with Crippen LogP contribution in [-0.2, 0) is 0 Å². The molecule has 0 atom stereocenters. The van der Waals surface area contributed by atoms with Gasteiger partial charge >= 0.3 is 0 Å². The summed E-state index contributed by atoms with van der Waals surface area (Å²) >= 11 is 0. The van der Waals surface area contributed by atoms with E-state index >= 15 is 0 Å². The van der Waals surface area contributed by atoms with Crippen molar-refractivity contribution in [3.63, 3.8) is 0 Å². The van der Waals surface area contributed by atoms with Crippen LogP contribution < -0.4 is 0 Å². The Kier molecular flexibility index (Phi) is 7.72. The fraction of sp³-hybridized carbons (Fsp3) is 1.00. The number of hydrogen-bond donors (Lipinski definition) is 0. The zero-order valence-electron chi connectivity index (χ0n) is 20.2. The molecule has 0 saturated heterocycles. The Balaban J connectivity index is 1.20. The lowest BCUT2D eigenvalue weighted by Crippen LogP contribution is -2.46. The van der Waals surface area contributed by atoms with Crippen LogP contribution in [0, 0.1) is 34.5 Å². The molecule has 0 nitrogen and oxygen atoms in total. The summed E-state index contributed by atoms with van der Waals surface area (Å²) in [5.41, 5.74) is 1.60. The van der Waals surface area contributed by atoms with Crippen molar-refractivity contribution in [2.45, 2.75) is 149 Å². The average molecular weight is 401 g/mol. The van der Waals surface area contributed by atoms with Gasteiger partial charge in [-0.15, -0.1) is 0 Å². The van der Waals surface area contributed by atoms with Gasteiger partial charge in [0, 0.05) is 0 Å². The third kappa shape index (κ3) is 5.09. The molecule has 0 aliphatic heterocycles. The molecule has 0 spiro atoms. The molecule has 0 aromatic carbocycles. The zero-order valence-corrected chi connectivity index (χ0v) is 20.2. The summed E-state index contributed by atoms with van der Waals surface area (Å²) < 4.78 is 0. The van der Waals surface area contributed by atoms with Crippen LogP contribution in [0.2, 0.25) is 0 Å². The van der Waals surface area contributed by atoms with E-state index in [1.54, 1.807) is 96.3 Å². The third-order valence-corrected chi connectivity index (χ3v) is 10.9. The summed E-state index contributed by atoms with van der Waals surface area (Å²) in [5, 5.41) is 0. The lowest BCUT2D eigenvalue weighted by molar-refractivity contribution is -0.0678. The van der Waals surface area contributed by atoms with Crippen molar-refractivity contribution < 1.29 is 0 Å². The van der Waals surface area contributed by atoms with Crippen LogP contribution in [0.1, 0.15) is 149 Å². The molecule has 0 aromatic rings. The summed E-state index contributed by atoms with van der Waals surface area (Å²) in [6.07, 6.45) is 32.6. The van der Waals surface area contributed by atoms with Crippen LogP contribution in [0.4, 0.5) is 0 Å². The standard InChI is InChI=1S/C29H52/c1-3-5-7-8-24-9-11-25(12-10-24)26-13-15-27(16-14-26)29-21-18-28(19-22-29,20-23-29)17-6-4-2/h24-27H,3-23H2,1-2H3/t24-,25-,26-,27-,28?,29?. The molecular formula is C29H52. The molecule has 5 fully saturated rings. The van der Waals surface area contributed by atoms with Crippen LogP contribution in [0.5, 0.6) is 0 Å². The van der Waals surface area contributed by atoms with Crippen molar-refractivity contribution in [1.82, 2.24) is 0 Å². The minimum atomic E-state index is 0.796. The first-order valence-electron chi connectivity index (χ1n) is 14.2. The van der Waals surface area contributed by atoms with Gasteiger partial charge in [-0.25, -0.2) is 0 Å². The number of fused-ring (bicyclic) bond motifs is 3. The van der Waals surface area contributed by atoms with Crippen LogP contribution in [0.15, 0.2) is 0 Å². The van der Waals surface area contributed by atoms with Crippen molar-refractivity contribution >= 4 is 0 Å². The molecule has 0 amide bonds. The Hall–Kier alpha value is 0. The minimum Gasteiger partial charge on any atom is -0.0654 e. The van der Waals surface area contributed by atoms with E-state index in [9.17, 15) is 0 Å². The second-order valence-electron chi connectivity index (χ2n) is 12.4. The zero-order chi connectivity index (χ0) is 20.2. The summed E-state index contributed by atoms with van der Waals surface area (Å²) in [6, 6.07) is 0. The highest BCUT2D eigenvalue weighted by molar-refractivity contribution is 5.03. The maximum atomic E-state index is 2.38. The molecule has 5 rings (SSSR count). The van der Waals surface area contributed by atoms with Gasteiger partial charge in [0.25, 0.3) is 0 Å². The molecule has 5 saturated carbocycles. The van der Waals surface area contributed by atoms with Crippen molar-refractivity contribution in [2.24, 2.45) is 34.5 Å². The molecule has 29 heavy (non-hydrogen) atoms. The molecule has 2 bridgehead atoms. The van der Waals surface area contributed by atoms with Gasteiger partial charge in [-0.05, 0) is 118 Å². The molecular weight excluding hydrogens is 348 g/mol. The monoisotopic (exact) mass is 400 g/mol. The second kappa shape index (κ2) is 10.1. The molecule has 0 aromatic heterocycles. The third-order valence-electron chi connectivity index (χ3n) is 10.9. The van der Waals surface area contributed by atoms with E-state index in [0.717, 1.165) is 34.5 Å². The summed E-state index contributed by atoms with van der Waals surface area (Å²) in [4.78, 5) is 0. The quantitative estimate of drug-likeness (QED) is 0.338. The summed E-state index contributed by atoms with van der Waals surface area (Å²) in [7, 11) is 0. The van der Waals surface area contributed by atoms with Crippen molar-refractivity contribution in [3.8, 4) is 0 Å². The van der Waals surface area contributed by atoms with Gasteiger partial charge in [0.15, 0.2) is 0 Å². The Labute approximate surface area is 183 Å². The maximum Gasteiger partial charge on any atom is -0.0269 e. The van der Waals surface area contributed by atoms with Gasteiger partial charge in [-0.1, -0.05) is 65.2 Å². The fourth-order valence-corrected chi connectivity index (χ4v) is 8.67. The van der Waals surface area contributed by atoms with Crippen molar-refractivity contribution in [2.75, 3.05) is 0 Å². The molecule has 0 radical (unpaired) electrons. The van der Waals surface area contributed by atoms with Crippen LogP contribution in [0.3, 0.4) is 0 Å².